The summed E-state index contributed by atoms with van der Waals surface area (Å²) in [5.41, 5.74) is 1.80. The normalized spacial score (nSPS) is 11.5. The van der Waals surface area contributed by atoms with Gasteiger partial charge in [0.2, 0.25) is 0 Å². The van der Waals surface area contributed by atoms with Crippen LogP contribution in [0.25, 0.3) is 0 Å². The van der Waals surface area contributed by atoms with Gasteiger partial charge < -0.3 is 20.4 Å². The number of thiophene rings is 1. The summed E-state index contributed by atoms with van der Waals surface area (Å²) >= 11 is 1.77. The second-order valence-electron chi connectivity index (χ2n) is 7.54. The number of rotatable bonds is 8. The quantitative estimate of drug-likeness (QED) is 0.203. The molecule has 0 unspecified atom stereocenters. The number of hydrogen-bond donors (Lipinski definition) is 3. The number of furan rings is 1. The SMILES string of the molecule is CCNC(=NCc1ccc(NC(=O)c2ccco2)cc1)NCC(C)(C)c1cccs1.I. The van der Waals surface area contributed by atoms with Gasteiger partial charge in [0.05, 0.1) is 12.8 Å². The lowest BCUT2D eigenvalue weighted by Crippen LogP contribution is -2.43. The van der Waals surface area contributed by atoms with Crippen molar-refractivity contribution in [2.75, 3.05) is 18.4 Å². The van der Waals surface area contributed by atoms with Gasteiger partial charge in [-0.2, -0.15) is 0 Å². The van der Waals surface area contributed by atoms with Gasteiger partial charge in [0, 0.05) is 29.1 Å². The first kappa shape index (κ1) is 24.9. The highest BCUT2D eigenvalue weighted by atomic mass is 127. The van der Waals surface area contributed by atoms with E-state index in [0.717, 1.165) is 24.6 Å². The van der Waals surface area contributed by atoms with Crippen molar-refractivity contribution >= 4 is 52.9 Å². The van der Waals surface area contributed by atoms with E-state index in [4.69, 9.17) is 9.41 Å². The van der Waals surface area contributed by atoms with Crippen LogP contribution >= 0.6 is 35.3 Å². The molecule has 2 heterocycles. The molecule has 3 N–H and O–H groups in total. The van der Waals surface area contributed by atoms with Crippen LogP contribution in [0.15, 0.2) is 69.6 Å². The maximum absolute atomic E-state index is 12.0. The maximum atomic E-state index is 12.0. The first-order valence-electron chi connectivity index (χ1n) is 9.98. The van der Waals surface area contributed by atoms with Gasteiger partial charge in [-0.25, -0.2) is 4.99 Å². The Kier molecular flexibility index (Phi) is 9.57. The monoisotopic (exact) mass is 552 g/mol. The minimum Gasteiger partial charge on any atom is -0.459 e. The van der Waals surface area contributed by atoms with E-state index in [1.807, 2.05) is 24.3 Å². The van der Waals surface area contributed by atoms with Crippen molar-refractivity contribution in [3.63, 3.8) is 0 Å². The van der Waals surface area contributed by atoms with E-state index in [0.29, 0.717) is 12.2 Å². The number of guanidine groups is 1. The minimum atomic E-state index is -0.266. The average molecular weight is 552 g/mol. The van der Waals surface area contributed by atoms with E-state index in [9.17, 15) is 4.79 Å². The number of halogens is 1. The highest BCUT2D eigenvalue weighted by molar-refractivity contribution is 14.0. The second kappa shape index (κ2) is 11.9. The molecule has 0 aliphatic heterocycles. The zero-order chi connectivity index (χ0) is 21.4. The highest BCUT2D eigenvalue weighted by Crippen LogP contribution is 2.26. The fourth-order valence-electron chi connectivity index (χ4n) is 2.86. The number of hydrogen-bond acceptors (Lipinski definition) is 4. The molecule has 1 aromatic carbocycles. The van der Waals surface area contributed by atoms with E-state index in [-0.39, 0.29) is 41.1 Å². The molecule has 166 valence electrons. The molecule has 31 heavy (non-hydrogen) atoms. The summed E-state index contributed by atoms with van der Waals surface area (Å²) in [7, 11) is 0. The van der Waals surface area contributed by atoms with Crippen LogP contribution in [0.4, 0.5) is 5.69 Å². The van der Waals surface area contributed by atoms with Gasteiger partial charge >= 0.3 is 0 Å². The van der Waals surface area contributed by atoms with Crippen molar-refractivity contribution < 1.29 is 9.21 Å². The van der Waals surface area contributed by atoms with Gasteiger partial charge in [0.25, 0.3) is 5.91 Å². The van der Waals surface area contributed by atoms with E-state index < -0.39 is 0 Å². The van der Waals surface area contributed by atoms with Crippen LogP contribution in [0.3, 0.4) is 0 Å². The van der Waals surface area contributed by atoms with E-state index >= 15 is 0 Å². The molecule has 1 amide bonds. The highest BCUT2D eigenvalue weighted by Gasteiger charge is 2.21. The zero-order valence-electron chi connectivity index (χ0n) is 18.0. The third-order valence-corrected chi connectivity index (χ3v) is 5.84. The number of nitrogens with one attached hydrogen (secondary N) is 3. The van der Waals surface area contributed by atoms with Crippen LogP contribution in [0, 0.1) is 0 Å². The molecule has 0 saturated heterocycles. The van der Waals surface area contributed by atoms with Crippen molar-refractivity contribution in [2.45, 2.75) is 32.7 Å². The molecule has 0 fully saturated rings. The molecular weight excluding hydrogens is 523 g/mol. The summed E-state index contributed by atoms with van der Waals surface area (Å²) in [5.74, 6) is 0.811. The number of nitrogens with zero attached hydrogens (tertiary/aromatic N) is 1. The lowest BCUT2D eigenvalue weighted by molar-refractivity contribution is 0.0996. The molecule has 0 aliphatic carbocycles. The molecule has 0 aliphatic rings. The van der Waals surface area contributed by atoms with Gasteiger partial charge in [-0.3, -0.25) is 4.79 Å². The van der Waals surface area contributed by atoms with Crippen molar-refractivity contribution in [2.24, 2.45) is 4.99 Å². The van der Waals surface area contributed by atoms with Crippen molar-refractivity contribution in [1.29, 1.82) is 0 Å². The maximum Gasteiger partial charge on any atom is 0.291 e. The summed E-state index contributed by atoms with van der Waals surface area (Å²) in [4.78, 5) is 18.1. The predicted molar refractivity (Wildman–Crippen MR) is 139 cm³/mol. The van der Waals surface area contributed by atoms with Gasteiger partial charge in [0.1, 0.15) is 0 Å². The summed E-state index contributed by atoms with van der Waals surface area (Å²) in [5, 5.41) is 11.7. The molecule has 0 radical (unpaired) electrons. The fraction of sp³-hybridized carbons (Fsp3) is 0.304. The van der Waals surface area contributed by atoms with Crippen LogP contribution in [0.2, 0.25) is 0 Å². The van der Waals surface area contributed by atoms with Gasteiger partial charge in [-0.05, 0) is 48.2 Å². The van der Waals surface area contributed by atoms with E-state index in [2.05, 4.69) is 54.2 Å². The van der Waals surface area contributed by atoms with Crippen LogP contribution in [-0.4, -0.2) is 25.0 Å². The van der Waals surface area contributed by atoms with E-state index in [1.54, 1.807) is 23.5 Å². The number of anilines is 1. The zero-order valence-corrected chi connectivity index (χ0v) is 21.1. The largest absolute Gasteiger partial charge is 0.459 e. The van der Waals surface area contributed by atoms with Gasteiger partial charge in [0.15, 0.2) is 11.7 Å². The molecule has 0 spiro atoms. The molecule has 2 aromatic heterocycles. The molecule has 0 bridgehead atoms. The lowest BCUT2D eigenvalue weighted by Gasteiger charge is -2.25. The number of carbonyl (C=O) groups is 1. The van der Waals surface area contributed by atoms with Crippen LogP contribution in [0.1, 0.15) is 41.8 Å². The summed E-state index contributed by atoms with van der Waals surface area (Å²) in [6.45, 7) is 8.63. The molecule has 0 saturated carbocycles. The number of benzene rings is 1. The molecular formula is C23H29IN4O2S. The van der Waals surface area contributed by atoms with Gasteiger partial charge in [-0.15, -0.1) is 35.3 Å². The first-order chi connectivity index (χ1) is 14.5. The second-order valence-corrected chi connectivity index (χ2v) is 8.49. The standard InChI is InChI=1S/C23H28N4O2S.HI/c1-4-24-22(26-16-23(2,3)20-8-6-14-30-20)25-15-17-9-11-18(12-10-17)27-21(28)19-7-5-13-29-19;/h5-14H,4,15-16H2,1-3H3,(H,27,28)(H2,24,25,26);1H. The molecule has 0 atom stereocenters. The Morgan fingerprint density at radius 3 is 2.48 bits per heavy atom. The Morgan fingerprint density at radius 1 is 1.10 bits per heavy atom. The Hall–Kier alpha value is -2.33. The average Bonchev–Trinajstić information content (AvgIpc) is 3.46. The number of amides is 1. The third-order valence-electron chi connectivity index (χ3n) is 4.61. The van der Waals surface area contributed by atoms with Crippen molar-refractivity contribution in [3.8, 4) is 0 Å². The van der Waals surface area contributed by atoms with Crippen molar-refractivity contribution in [3.05, 3.63) is 76.4 Å². The molecule has 3 rings (SSSR count). The Labute approximate surface area is 204 Å². The predicted octanol–water partition coefficient (Wildman–Crippen LogP) is 5.24. The summed E-state index contributed by atoms with van der Waals surface area (Å²) in [6.07, 6.45) is 1.48. The third kappa shape index (κ3) is 7.39. The first-order valence-corrected chi connectivity index (χ1v) is 10.9. The van der Waals surface area contributed by atoms with Crippen LogP contribution in [0.5, 0.6) is 0 Å². The molecule has 8 heteroatoms. The Morgan fingerprint density at radius 2 is 1.87 bits per heavy atom. The fourth-order valence-corrected chi connectivity index (χ4v) is 3.71. The summed E-state index contributed by atoms with van der Waals surface area (Å²) in [6, 6.07) is 15.2. The number of aliphatic imine (C=N–C) groups is 1. The van der Waals surface area contributed by atoms with Crippen LogP contribution in [-0.2, 0) is 12.0 Å². The molecule has 6 nitrogen and oxygen atoms in total. The molecule has 3 aromatic rings. The Balaban J connectivity index is 0.00000341. The van der Waals surface area contributed by atoms with Crippen molar-refractivity contribution in [1.82, 2.24) is 10.6 Å². The smallest absolute Gasteiger partial charge is 0.291 e. The topological polar surface area (TPSA) is 78.7 Å². The number of carbonyl (C=O) groups excluding carboxylic acids is 1. The van der Waals surface area contributed by atoms with Crippen LogP contribution < -0.4 is 16.0 Å². The summed E-state index contributed by atoms with van der Waals surface area (Å²) < 4.78 is 5.11. The Bertz CT molecular complexity index is 952. The van der Waals surface area contributed by atoms with Gasteiger partial charge in [-0.1, -0.05) is 32.0 Å². The van der Waals surface area contributed by atoms with E-state index in [1.165, 1.54) is 11.1 Å². The lowest BCUT2D eigenvalue weighted by atomic mass is 9.91. The minimum absolute atomic E-state index is 0.